The molecule has 66 valence electrons. The van der Waals surface area contributed by atoms with Gasteiger partial charge >= 0.3 is 0 Å². The fourth-order valence-electron chi connectivity index (χ4n) is 1.20. The Hall–Kier alpha value is -0.200. The van der Waals surface area contributed by atoms with Crippen LogP contribution >= 0.6 is 0 Å². The molecule has 11 heavy (non-hydrogen) atoms. The van der Waals surface area contributed by atoms with Gasteiger partial charge in [-0.1, -0.05) is 0 Å². The molecule has 0 amide bonds. The number of hydrogen-bond donors (Lipinski definition) is 5. The lowest BCUT2D eigenvalue weighted by Gasteiger charge is -2.39. The molecule has 0 bridgehead atoms. The van der Waals surface area contributed by atoms with Crippen LogP contribution in [0.2, 0.25) is 0 Å². The maximum atomic E-state index is 9.52. The molecule has 0 radical (unpaired) electrons. The topological polar surface area (TPSA) is 98.7 Å². The Morgan fingerprint density at radius 1 is 1.55 bits per heavy atom. The second kappa shape index (κ2) is 3.04. The second-order valence-corrected chi connectivity index (χ2v) is 2.95. The molecule has 1 aliphatic heterocycles. The SMILES string of the molecule is NC[C@@]1(O)CNC[C@H](O)[C@H]1O. The number of aliphatic hydroxyl groups excluding tert-OH is 2. The van der Waals surface area contributed by atoms with Crippen molar-refractivity contribution in [3.8, 4) is 0 Å². The smallest absolute Gasteiger partial charge is 0.118 e. The highest BCUT2D eigenvalue weighted by Crippen LogP contribution is 2.15. The standard InChI is InChI=1S/C6H14N2O3/c7-2-6(11)3-8-1-4(9)5(6)10/h4-5,8-11H,1-3,7H2/t4-,5+,6+/m0/s1. The third-order valence-electron chi connectivity index (χ3n) is 2.05. The summed E-state index contributed by atoms with van der Waals surface area (Å²) in [5.74, 6) is 0. The van der Waals surface area contributed by atoms with Crippen molar-refractivity contribution in [1.82, 2.24) is 5.32 Å². The number of hydrogen-bond acceptors (Lipinski definition) is 5. The Bertz CT molecular complexity index is 144. The van der Waals surface area contributed by atoms with Crippen molar-refractivity contribution in [2.24, 2.45) is 5.73 Å². The first-order valence-corrected chi connectivity index (χ1v) is 3.59. The zero-order valence-electron chi connectivity index (χ0n) is 6.20. The van der Waals surface area contributed by atoms with E-state index in [2.05, 4.69) is 5.32 Å². The van der Waals surface area contributed by atoms with Gasteiger partial charge in [0.1, 0.15) is 11.7 Å². The lowest BCUT2D eigenvalue weighted by Crippen LogP contribution is -2.65. The molecule has 1 fully saturated rings. The zero-order chi connectivity index (χ0) is 8.48. The Balaban J connectivity index is 2.64. The summed E-state index contributed by atoms with van der Waals surface area (Å²) >= 11 is 0. The maximum Gasteiger partial charge on any atom is 0.118 e. The maximum absolute atomic E-state index is 9.52. The van der Waals surface area contributed by atoms with Crippen molar-refractivity contribution in [3.05, 3.63) is 0 Å². The van der Waals surface area contributed by atoms with Crippen molar-refractivity contribution in [2.45, 2.75) is 17.8 Å². The van der Waals surface area contributed by atoms with Gasteiger partial charge in [0.05, 0.1) is 6.10 Å². The summed E-state index contributed by atoms with van der Waals surface area (Å²) in [5, 5.41) is 30.7. The van der Waals surface area contributed by atoms with E-state index in [9.17, 15) is 10.2 Å². The van der Waals surface area contributed by atoms with Gasteiger partial charge in [-0.05, 0) is 0 Å². The van der Waals surface area contributed by atoms with Crippen LogP contribution in [0.1, 0.15) is 0 Å². The normalized spacial score (nSPS) is 45.8. The molecule has 6 N–H and O–H groups in total. The minimum atomic E-state index is -1.38. The molecule has 0 aromatic rings. The Morgan fingerprint density at radius 2 is 2.18 bits per heavy atom. The van der Waals surface area contributed by atoms with Crippen LogP contribution in [0.25, 0.3) is 0 Å². The summed E-state index contributed by atoms with van der Waals surface area (Å²) in [6.07, 6.45) is -2.08. The van der Waals surface area contributed by atoms with E-state index in [0.717, 1.165) is 0 Å². The molecule has 5 nitrogen and oxygen atoms in total. The predicted octanol–water partition coefficient (Wildman–Crippen LogP) is -3.00. The number of nitrogens with one attached hydrogen (secondary N) is 1. The lowest BCUT2D eigenvalue weighted by molar-refractivity contribution is -0.135. The van der Waals surface area contributed by atoms with Crippen molar-refractivity contribution in [2.75, 3.05) is 19.6 Å². The van der Waals surface area contributed by atoms with Crippen LogP contribution in [0, 0.1) is 0 Å². The van der Waals surface area contributed by atoms with Crippen molar-refractivity contribution in [3.63, 3.8) is 0 Å². The molecule has 1 saturated heterocycles. The highest BCUT2D eigenvalue weighted by Gasteiger charge is 2.41. The molecule has 0 spiro atoms. The van der Waals surface area contributed by atoms with E-state index < -0.39 is 17.8 Å². The third-order valence-corrected chi connectivity index (χ3v) is 2.05. The van der Waals surface area contributed by atoms with E-state index in [-0.39, 0.29) is 13.1 Å². The highest BCUT2D eigenvalue weighted by atomic mass is 16.4. The van der Waals surface area contributed by atoms with Gasteiger partial charge in [-0.2, -0.15) is 0 Å². The summed E-state index contributed by atoms with van der Waals surface area (Å²) in [6.45, 7) is 0.462. The van der Waals surface area contributed by atoms with Crippen LogP contribution < -0.4 is 11.1 Å². The van der Waals surface area contributed by atoms with Crippen molar-refractivity contribution in [1.29, 1.82) is 0 Å². The molecule has 0 aromatic heterocycles. The first kappa shape index (κ1) is 8.89. The third kappa shape index (κ3) is 1.52. The van der Waals surface area contributed by atoms with Crippen LogP contribution in [0.5, 0.6) is 0 Å². The van der Waals surface area contributed by atoms with Gasteiger partial charge in [0, 0.05) is 19.6 Å². The molecule has 5 heteroatoms. The Morgan fingerprint density at radius 3 is 2.64 bits per heavy atom. The van der Waals surface area contributed by atoms with Crippen LogP contribution in [0.15, 0.2) is 0 Å². The largest absolute Gasteiger partial charge is 0.389 e. The number of β-amino-alcohol motifs (C(OH)–C–C–N with tert-alkyl or cyclic N) is 2. The van der Waals surface area contributed by atoms with Gasteiger partial charge < -0.3 is 26.4 Å². The number of nitrogens with two attached hydrogens (primary N) is 1. The van der Waals surface area contributed by atoms with E-state index in [1.807, 2.05) is 0 Å². The molecular formula is C6H14N2O3. The molecule has 0 unspecified atom stereocenters. The zero-order valence-corrected chi connectivity index (χ0v) is 6.20. The average molecular weight is 162 g/mol. The van der Waals surface area contributed by atoms with Gasteiger partial charge in [-0.25, -0.2) is 0 Å². The minimum absolute atomic E-state index is 0.0573. The molecule has 1 rings (SSSR count). The minimum Gasteiger partial charge on any atom is -0.389 e. The molecule has 0 aromatic carbocycles. The molecule has 0 aliphatic carbocycles. The summed E-state index contributed by atoms with van der Waals surface area (Å²) in [6, 6.07) is 0. The fourth-order valence-corrected chi connectivity index (χ4v) is 1.20. The molecule has 0 saturated carbocycles. The van der Waals surface area contributed by atoms with Crippen LogP contribution in [0.3, 0.4) is 0 Å². The summed E-state index contributed by atoms with van der Waals surface area (Å²) < 4.78 is 0. The molecule has 3 atom stereocenters. The van der Waals surface area contributed by atoms with Crippen LogP contribution in [0.4, 0.5) is 0 Å². The van der Waals surface area contributed by atoms with Gasteiger partial charge in [0.15, 0.2) is 0 Å². The van der Waals surface area contributed by atoms with Crippen molar-refractivity contribution < 1.29 is 15.3 Å². The number of aliphatic hydroxyl groups is 3. The van der Waals surface area contributed by atoms with E-state index in [1.165, 1.54) is 0 Å². The van der Waals surface area contributed by atoms with E-state index in [0.29, 0.717) is 6.54 Å². The molecule has 1 heterocycles. The summed E-state index contributed by atoms with van der Waals surface area (Å²) in [7, 11) is 0. The van der Waals surface area contributed by atoms with Gasteiger partial charge in [-0.3, -0.25) is 0 Å². The van der Waals surface area contributed by atoms with E-state index in [4.69, 9.17) is 10.8 Å². The van der Waals surface area contributed by atoms with Gasteiger partial charge in [0.25, 0.3) is 0 Å². The number of piperidine rings is 1. The number of rotatable bonds is 1. The lowest BCUT2D eigenvalue weighted by atomic mass is 9.89. The molecular weight excluding hydrogens is 148 g/mol. The quantitative estimate of drug-likeness (QED) is 0.283. The first-order valence-electron chi connectivity index (χ1n) is 3.59. The van der Waals surface area contributed by atoms with Crippen LogP contribution in [-0.2, 0) is 0 Å². The van der Waals surface area contributed by atoms with Crippen molar-refractivity contribution >= 4 is 0 Å². The highest BCUT2D eigenvalue weighted by molar-refractivity contribution is 4.97. The predicted molar refractivity (Wildman–Crippen MR) is 38.9 cm³/mol. The van der Waals surface area contributed by atoms with Crippen LogP contribution in [-0.4, -0.2) is 52.8 Å². The van der Waals surface area contributed by atoms with Gasteiger partial charge in [-0.15, -0.1) is 0 Å². The monoisotopic (exact) mass is 162 g/mol. The first-order chi connectivity index (χ1) is 5.10. The molecule has 1 aliphatic rings. The summed E-state index contributed by atoms with van der Waals surface area (Å²) in [4.78, 5) is 0. The van der Waals surface area contributed by atoms with E-state index in [1.54, 1.807) is 0 Å². The Kier molecular flexibility index (Phi) is 2.46. The van der Waals surface area contributed by atoms with E-state index >= 15 is 0 Å². The summed E-state index contributed by atoms with van der Waals surface area (Å²) in [5.41, 5.74) is 3.85. The second-order valence-electron chi connectivity index (χ2n) is 2.95. The Labute approximate surface area is 64.8 Å². The fraction of sp³-hybridized carbons (Fsp3) is 1.00. The van der Waals surface area contributed by atoms with Gasteiger partial charge in [0.2, 0.25) is 0 Å². The average Bonchev–Trinajstić information content (AvgIpc) is 2.00.